The molecule has 0 spiro atoms. The van der Waals surface area contributed by atoms with E-state index in [0.29, 0.717) is 22.0 Å². The van der Waals surface area contributed by atoms with Crippen molar-refractivity contribution in [3.8, 4) is 0 Å². The van der Waals surface area contributed by atoms with Gasteiger partial charge in [0.25, 0.3) is 5.91 Å². The minimum Gasteiger partial charge on any atom is -0.481 e. The smallest absolute Gasteiger partial charge is 0.303 e. The third kappa shape index (κ3) is 5.19. The second kappa shape index (κ2) is 9.70. The first-order valence-corrected chi connectivity index (χ1v) is 10.6. The third-order valence-electron chi connectivity index (χ3n) is 4.98. The van der Waals surface area contributed by atoms with Crippen LogP contribution in [0.25, 0.3) is 10.9 Å². The molecule has 0 aliphatic heterocycles. The van der Waals surface area contributed by atoms with Crippen LogP contribution in [0.5, 0.6) is 0 Å². The van der Waals surface area contributed by atoms with Crippen LogP contribution in [0.2, 0.25) is 5.15 Å². The molecular weight excluding hydrogens is 494 g/mol. The molecule has 1 heterocycles. The van der Waals surface area contributed by atoms with Gasteiger partial charge in [-0.2, -0.15) is 0 Å². The third-order valence-corrected chi connectivity index (χ3v) is 5.84. The van der Waals surface area contributed by atoms with Crippen LogP contribution in [0.3, 0.4) is 0 Å². The molecule has 162 valence electrons. The van der Waals surface area contributed by atoms with Gasteiger partial charge in [0, 0.05) is 34.3 Å². The number of nitrogens with one attached hydrogen (secondary N) is 1. The van der Waals surface area contributed by atoms with Crippen molar-refractivity contribution in [3.63, 3.8) is 0 Å². The second-order valence-corrected chi connectivity index (χ2v) is 8.31. The Morgan fingerprint density at radius 2 is 1.90 bits per heavy atom. The highest BCUT2D eigenvalue weighted by Crippen LogP contribution is 2.30. The quantitative estimate of drug-likeness (QED) is 0.404. The molecule has 1 unspecified atom stereocenters. The van der Waals surface area contributed by atoms with Gasteiger partial charge in [0.2, 0.25) is 0 Å². The lowest BCUT2D eigenvalue weighted by atomic mass is 9.92. The summed E-state index contributed by atoms with van der Waals surface area (Å²) in [6, 6.07) is 8.65. The minimum absolute atomic E-state index is 0.0458. The summed E-state index contributed by atoms with van der Waals surface area (Å²) in [6.45, 7) is 1.50. The van der Waals surface area contributed by atoms with Crippen molar-refractivity contribution >= 4 is 50.3 Å². The van der Waals surface area contributed by atoms with Gasteiger partial charge in [0.1, 0.15) is 16.8 Å². The molecule has 5 nitrogen and oxygen atoms in total. The van der Waals surface area contributed by atoms with Crippen LogP contribution in [0.4, 0.5) is 8.78 Å². The van der Waals surface area contributed by atoms with Crippen LogP contribution in [0, 0.1) is 18.6 Å². The highest BCUT2D eigenvalue weighted by molar-refractivity contribution is 9.10. The molecule has 31 heavy (non-hydrogen) atoms. The summed E-state index contributed by atoms with van der Waals surface area (Å²) in [4.78, 5) is 28.4. The van der Waals surface area contributed by atoms with E-state index in [1.54, 1.807) is 25.1 Å². The molecular formula is C22H18BrClF2N2O3. The van der Waals surface area contributed by atoms with Gasteiger partial charge >= 0.3 is 5.97 Å². The fourth-order valence-electron chi connectivity index (χ4n) is 3.44. The monoisotopic (exact) mass is 510 g/mol. The number of carboxylic acid groups (broad SMARTS) is 1. The summed E-state index contributed by atoms with van der Waals surface area (Å²) >= 11 is 9.56. The summed E-state index contributed by atoms with van der Waals surface area (Å²) in [5, 5.41) is 12.4. The lowest BCUT2D eigenvalue weighted by Crippen LogP contribution is -2.30. The maximum absolute atomic E-state index is 14.3. The van der Waals surface area contributed by atoms with Gasteiger partial charge in [-0.25, -0.2) is 13.8 Å². The van der Waals surface area contributed by atoms with Crippen molar-refractivity contribution in [3.05, 3.63) is 74.3 Å². The number of hydrogen-bond acceptors (Lipinski definition) is 3. The summed E-state index contributed by atoms with van der Waals surface area (Å²) in [5.41, 5.74) is 1.03. The molecule has 1 aromatic heterocycles. The maximum Gasteiger partial charge on any atom is 0.303 e. The van der Waals surface area contributed by atoms with Crippen molar-refractivity contribution < 1.29 is 23.5 Å². The Morgan fingerprint density at radius 1 is 1.23 bits per heavy atom. The molecule has 3 aromatic rings. The SMILES string of the molecule is Cc1c(Cl)nc2ccc(Br)cc2c1C(=O)NCC(CCC(=O)O)c1c(F)cccc1F. The van der Waals surface area contributed by atoms with Gasteiger partial charge in [-0.05, 0) is 49.2 Å². The number of pyridine rings is 1. The highest BCUT2D eigenvalue weighted by Gasteiger charge is 2.24. The number of fused-ring (bicyclic) bond motifs is 1. The van der Waals surface area contributed by atoms with Crippen LogP contribution in [0.1, 0.15) is 40.2 Å². The van der Waals surface area contributed by atoms with E-state index < -0.39 is 29.4 Å². The van der Waals surface area contributed by atoms with E-state index in [0.717, 1.165) is 16.6 Å². The Balaban J connectivity index is 1.94. The van der Waals surface area contributed by atoms with E-state index in [2.05, 4.69) is 26.2 Å². The average Bonchev–Trinajstić information content (AvgIpc) is 2.70. The van der Waals surface area contributed by atoms with Crippen LogP contribution in [-0.4, -0.2) is 28.5 Å². The number of amides is 1. The second-order valence-electron chi connectivity index (χ2n) is 7.04. The first kappa shape index (κ1) is 23.1. The Labute approximate surface area is 190 Å². The van der Waals surface area contributed by atoms with Gasteiger partial charge in [0.15, 0.2) is 0 Å². The molecule has 0 aliphatic rings. The van der Waals surface area contributed by atoms with Gasteiger partial charge in [-0.1, -0.05) is 33.6 Å². The normalized spacial score (nSPS) is 12.0. The standard InChI is InChI=1S/C22H18BrClF2N2O3/c1-11-19(14-9-13(23)6-7-17(14)28-21(11)24)22(31)27-10-12(5-8-18(29)30)20-15(25)3-2-4-16(20)26/h2-4,6-7,9,12H,5,8,10H2,1H3,(H,27,31)(H,29,30). The number of benzene rings is 2. The van der Waals surface area contributed by atoms with Crippen molar-refractivity contribution in [1.29, 1.82) is 0 Å². The highest BCUT2D eigenvalue weighted by atomic mass is 79.9. The summed E-state index contributed by atoms with van der Waals surface area (Å²) in [7, 11) is 0. The average molecular weight is 512 g/mol. The number of halogens is 4. The van der Waals surface area contributed by atoms with E-state index in [1.165, 1.54) is 6.07 Å². The zero-order valence-electron chi connectivity index (χ0n) is 16.4. The van der Waals surface area contributed by atoms with Crippen molar-refractivity contribution in [1.82, 2.24) is 10.3 Å². The molecule has 0 saturated heterocycles. The predicted molar refractivity (Wildman–Crippen MR) is 117 cm³/mol. The number of carbonyl (C=O) groups excluding carboxylic acids is 1. The van der Waals surface area contributed by atoms with E-state index in [1.807, 2.05) is 0 Å². The zero-order valence-corrected chi connectivity index (χ0v) is 18.7. The largest absolute Gasteiger partial charge is 0.481 e. The number of carbonyl (C=O) groups is 2. The number of aromatic nitrogens is 1. The van der Waals surface area contributed by atoms with E-state index in [-0.39, 0.29) is 30.1 Å². The van der Waals surface area contributed by atoms with Crippen LogP contribution >= 0.6 is 27.5 Å². The number of hydrogen-bond donors (Lipinski definition) is 2. The molecule has 0 bridgehead atoms. The topological polar surface area (TPSA) is 79.3 Å². The number of nitrogens with zero attached hydrogens (tertiary/aromatic N) is 1. The van der Waals surface area contributed by atoms with E-state index in [4.69, 9.17) is 16.7 Å². The Bertz CT molecular complexity index is 1150. The summed E-state index contributed by atoms with van der Waals surface area (Å²) < 4.78 is 29.4. The number of carboxylic acids is 1. The minimum atomic E-state index is -1.10. The zero-order chi connectivity index (χ0) is 22.7. The van der Waals surface area contributed by atoms with Crippen LogP contribution in [0.15, 0.2) is 40.9 Å². The fourth-order valence-corrected chi connectivity index (χ4v) is 3.99. The Morgan fingerprint density at radius 3 is 2.55 bits per heavy atom. The van der Waals surface area contributed by atoms with Gasteiger partial charge in [-0.15, -0.1) is 0 Å². The molecule has 3 rings (SSSR count). The van der Waals surface area contributed by atoms with Crippen molar-refractivity contribution in [2.75, 3.05) is 6.54 Å². The van der Waals surface area contributed by atoms with E-state index in [9.17, 15) is 18.4 Å². The van der Waals surface area contributed by atoms with Crippen LogP contribution in [-0.2, 0) is 4.79 Å². The van der Waals surface area contributed by atoms with Crippen molar-refractivity contribution in [2.24, 2.45) is 0 Å². The molecule has 1 amide bonds. The Hall–Kier alpha value is -2.58. The maximum atomic E-state index is 14.3. The van der Waals surface area contributed by atoms with Gasteiger partial charge in [-0.3, -0.25) is 9.59 Å². The molecule has 9 heteroatoms. The van der Waals surface area contributed by atoms with Gasteiger partial charge in [0.05, 0.1) is 11.1 Å². The summed E-state index contributed by atoms with van der Waals surface area (Å²) in [6.07, 6.45) is -0.347. The molecule has 1 atom stereocenters. The van der Waals surface area contributed by atoms with Crippen molar-refractivity contribution in [2.45, 2.75) is 25.7 Å². The number of aliphatic carboxylic acids is 1. The fraction of sp³-hybridized carbons (Fsp3) is 0.227. The molecule has 2 aromatic carbocycles. The first-order valence-electron chi connectivity index (χ1n) is 9.38. The lowest BCUT2D eigenvalue weighted by molar-refractivity contribution is -0.137. The molecule has 0 fully saturated rings. The van der Waals surface area contributed by atoms with Gasteiger partial charge < -0.3 is 10.4 Å². The molecule has 0 saturated carbocycles. The first-order chi connectivity index (χ1) is 14.7. The summed E-state index contributed by atoms with van der Waals surface area (Å²) in [5.74, 6) is -4.04. The van der Waals surface area contributed by atoms with Crippen LogP contribution < -0.4 is 5.32 Å². The molecule has 0 radical (unpaired) electrons. The van der Waals surface area contributed by atoms with E-state index >= 15 is 0 Å². The molecule has 0 aliphatic carbocycles. The predicted octanol–water partition coefficient (Wildman–Crippen LogP) is 5.62. The lowest BCUT2D eigenvalue weighted by Gasteiger charge is -2.20. The Kier molecular flexibility index (Phi) is 7.23. The molecule has 2 N–H and O–H groups in total. The number of rotatable bonds is 7.